The van der Waals surface area contributed by atoms with Crippen LogP contribution in [0.5, 0.6) is 0 Å². The number of quaternary nitrogens is 1. The Kier molecular flexibility index (Phi) is 7.53. The molecule has 10 heteroatoms. The van der Waals surface area contributed by atoms with Crippen LogP contribution in [0.3, 0.4) is 0 Å². The number of fused-ring (bicyclic) bond motifs is 5. The Bertz CT molecular complexity index is 878. The standard InChI is InChI=1S/C19H22NO4S2.C3H6O2.BrH/c1-20(2)12-9-11(10-13(20)17-16(12)24-17)23-18(21)19(22,14-5-3-7-25-14)15-6-4-8-26-15;1-2-3(4)5;/h3-8,11-13,16-17,22H,9-10H2,1-2H3;2H2,1H3,(H,4,5);1H/q+1;;/p-1/t11-,12-,13+,16-,17+;;. The molecule has 2 bridgehead atoms. The normalized spacial score (nSPS) is 29.1. The number of carboxylic acids is 1. The average molecular weight is 547 g/mol. The molecule has 176 valence electrons. The maximum absolute atomic E-state index is 13.1. The first kappa shape index (κ1) is 25.3. The topological polar surface area (TPSA) is 96.4 Å². The first-order valence-corrected chi connectivity index (χ1v) is 12.2. The summed E-state index contributed by atoms with van der Waals surface area (Å²) in [6, 6.07) is 8.01. The summed E-state index contributed by atoms with van der Waals surface area (Å²) in [7, 11) is 4.49. The first-order valence-electron chi connectivity index (χ1n) is 10.4. The molecule has 7 nitrogen and oxygen atoms in total. The molecule has 0 aliphatic carbocycles. The van der Waals surface area contributed by atoms with E-state index in [4.69, 9.17) is 14.6 Å². The number of hydrogen-bond acceptors (Lipinski definition) is 7. The number of esters is 1. The van der Waals surface area contributed by atoms with Crippen LogP contribution in [0.2, 0.25) is 0 Å². The Balaban J connectivity index is 0.000000438. The Hall–Kier alpha value is -1.30. The Morgan fingerprint density at radius 1 is 1.12 bits per heavy atom. The van der Waals surface area contributed by atoms with Crippen molar-refractivity contribution in [3.05, 3.63) is 44.8 Å². The summed E-state index contributed by atoms with van der Waals surface area (Å²) in [4.78, 5) is 23.7. The lowest BCUT2D eigenvalue weighted by Gasteiger charge is -2.45. The molecule has 2 aromatic heterocycles. The number of thiophene rings is 2. The van der Waals surface area contributed by atoms with Crippen LogP contribution >= 0.6 is 22.7 Å². The van der Waals surface area contributed by atoms with Crippen molar-refractivity contribution in [2.24, 2.45) is 0 Å². The van der Waals surface area contributed by atoms with Gasteiger partial charge < -0.3 is 41.2 Å². The maximum atomic E-state index is 13.1. The number of aliphatic carboxylic acids is 1. The van der Waals surface area contributed by atoms with E-state index in [9.17, 15) is 14.7 Å². The summed E-state index contributed by atoms with van der Waals surface area (Å²) in [5, 5.41) is 22.8. The second kappa shape index (κ2) is 9.52. The third kappa shape index (κ3) is 4.41. The molecule has 3 saturated heterocycles. The van der Waals surface area contributed by atoms with Crippen LogP contribution in [0.15, 0.2) is 35.0 Å². The predicted molar refractivity (Wildman–Crippen MR) is 117 cm³/mol. The van der Waals surface area contributed by atoms with Crippen LogP contribution in [0.4, 0.5) is 0 Å². The summed E-state index contributed by atoms with van der Waals surface area (Å²) >= 11 is 2.74. The van der Waals surface area contributed by atoms with Gasteiger partial charge in [-0.15, -0.1) is 22.7 Å². The second-order valence-electron chi connectivity index (χ2n) is 8.74. The smallest absolute Gasteiger partial charge is 0.349 e. The van der Waals surface area contributed by atoms with E-state index in [0.29, 0.717) is 34.0 Å². The number of aliphatic hydroxyl groups is 1. The third-order valence-corrected chi connectivity index (χ3v) is 8.62. The molecule has 5 rings (SSSR count). The molecular weight excluding hydrogens is 518 g/mol. The zero-order chi connectivity index (χ0) is 22.4. The summed E-state index contributed by atoms with van der Waals surface area (Å²) < 4.78 is 12.6. The fraction of sp³-hybridized carbons (Fsp3) is 0.545. The van der Waals surface area contributed by atoms with E-state index in [1.54, 1.807) is 19.1 Å². The van der Waals surface area contributed by atoms with Gasteiger partial charge in [0.2, 0.25) is 5.60 Å². The molecule has 0 spiro atoms. The van der Waals surface area contributed by atoms with Crippen molar-refractivity contribution < 1.29 is 50.7 Å². The van der Waals surface area contributed by atoms with Gasteiger partial charge in [-0.05, 0) is 22.9 Å². The van der Waals surface area contributed by atoms with Gasteiger partial charge in [0.15, 0.2) is 0 Å². The van der Waals surface area contributed by atoms with E-state index in [-0.39, 0.29) is 29.5 Å². The number of rotatable bonds is 5. The molecule has 3 fully saturated rings. The van der Waals surface area contributed by atoms with Crippen LogP contribution in [0.1, 0.15) is 35.9 Å². The van der Waals surface area contributed by atoms with Crippen molar-refractivity contribution in [2.45, 2.75) is 62.2 Å². The highest BCUT2D eigenvalue weighted by atomic mass is 79.9. The van der Waals surface area contributed by atoms with Crippen LogP contribution in [0.25, 0.3) is 0 Å². The van der Waals surface area contributed by atoms with Crippen molar-refractivity contribution >= 4 is 34.6 Å². The van der Waals surface area contributed by atoms with Crippen LogP contribution in [-0.2, 0) is 24.7 Å². The quantitative estimate of drug-likeness (QED) is 0.307. The third-order valence-electron chi connectivity index (χ3n) is 6.67. The minimum absolute atomic E-state index is 0. The van der Waals surface area contributed by atoms with Crippen molar-refractivity contribution in [3.8, 4) is 0 Å². The van der Waals surface area contributed by atoms with Crippen molar-refractivity contribution in [1.82, 2.24) is 0 Å². The van der Waals surface area contributed by atoms with Crippen LogP contribution in [-0.4, -0.2) is 71.1 Å². The molecule has 0 amide bonds. The average Bonchev–Trinajstić information content (AvgIpc) is 3.09. The lowest BCUT2D eigenvalue weighted by atomic mass is 9.95. The van der Waals surface area contributed by atoms with E-state index in [0.717, 1.165) is 17.3 Å². The minimum atomic E-state index is -1.72. The number of piperidine rings is 1. The molecule has 0 saturated carbocycles. The highest BCUT2D eigenvalue weighted by molar-refractivity contribution is 7.12. The van der Waals surface area contributed by atoms with Crippen molar-refractivity contribution in [2.75, 3.05) is 14.1 Å². The monoisotopic (exact) mass is 545 g/mol. The van der Waals surface area contributed by atoms with Crippen molar-refractivity contribution in [1.29, 1.82) is 0 Å². The largest absolute Gasteiger partial charge is 1.00 e. The molecule has 32 heavy (non-hydrogen) atoms. The number of likely N-dealkylation sites (N-methyl/N-ethyl adjacent to an activating group) is 1. The van der Waals surface area contributed by atoms with Crippen LogP contribution in [0, 0.1) is 0 Å². The second-order valence-corrected chi connectivity index (χ2v) is 10.6. The molecular formula is C22H28BrNO6S2. The van der Waals surface area contributed by atoms with Gasteiger partial charge in [-0.25, -0.2) is 4.79 Å². The number of carbonyl (C=O) groups is 2. The van der Waals surface area contributed by atoms with E-state index < -0.39 is 17.5 Å². The van der Waals surface area contributed by atoms with Gasteiger partial charge in [0.1, 0.15) is 30.4 Å². The van der Waals surface area contributed by atoms with Crippen LogP contribution < -0.4 is 17.0 Å². The fourth-order valence-corrected chi connectivity index (χ4v) is 6.54. The van der Waals surface area contributed by atoms with Gasteiger partial charge in [0, 0.05) is 19.3 Å². The number of halogens is 1. The number of morpholine rings is 1. The number of nitrogens with zero attached hydrogens (tertiary/aromatic N) is 1. The minimum Gasteiger partial charge on any atom is -1.00 e. The van der Waals surface area contributed by atoms with E-state index in [1.165, 1.54) is 22.7 Å². The summed E-state index contributed by atoms with van der Waals surface area (Å²) in [5.41, 5.74) is -1.72. The number of carboxylic acid groups (broad SMARTS) is 1. The van der Waals surface area contributed by atoms with Gasteiger partial charge in [-0.2, -0.15) is 0 Å². The van der Waals surface area contributed by atoms with Gasteiger partial charge in [-0.3, -0.25) is 4.79 Å². The van der Waals surface area contributed by atoms with E-state index in [1.807, 2.05) is 22.9 Å². The summed E-state index contributed by atoms with van der Waals surface area (Å²) in [5.74, 6) is -1.31. The highest BCUT2D eigenvalue weighted by Crippen LogP contribution is 2.52. The van der Waals surface area contributed by atoms with Gasteiger partial charge in [-0.1, -0.05) is 19.1 Å². The molecule has 0 aromatic carbocycles. The zero-order valence-corrected chi connectivity index (χ0v) is 21.4. The molecule has 2 N–H and O–H groups in total. The summed E-state index contributed by atoms with van der Waals surface area (Å²) in [6.45, 7) is 1.60. The SMILES string of the molecule is CCC(=O)O.C[N+]1(C)[C@@H]2C[C@@H](OC(=O)C(O)(c3cccs3)c3cccs3)C[C@H]1[C@@H]1O[C@@H]12.[Br-]. The number of carbonyl (C=O) groups excluding carboxylic acids is 1. The highest BCUT2D eigenvalue weighted by Gasteiger charge is 2.71. The molecule has 5 heterocycles. The maximum Gasteiger partial charge on any atom is 0.349 e. The number of epoxide rings is 1. The predicted octanol–water partition coefficient (Wildman–Crippen LogP) is -0.169. The molecule has 0 radical (unpaired) electrons. The Morgan fingerprint density at radius 2 is 1.59 bits per heavy atom. The Morgan fingerprint density at radius 3 is 1.97 bits per heavy atom. The molecule has 5 atom stereocenters. The van der Waals surface area contributed by atoms with E-state index in [2.05, 4.69) is 14.1 Å². The Labute approximate surface area is 205 Å². The fourth-order valence-electron chi connectivity index (χ4n) is 4.83. The van der Waals surface area contributed by atoms with Gasteiger partial charge >= 0.3 is 11.9 Å². The molecule has 2 aromatic rings. The first-order chi connectivity index (χ1) is 14.7. The number of hydrogen-bond donors (Lipinski definition) is 2. The lowest BCUT2D eigenvalue weighted by Crippen LogP contribution is -3.00. The van der Waals surface area contributed by atoms with Gasteiger partial charge in [0.05, 0.1) is 23.8 Å². The molecule has 3 aliphatic heterocycles. The number of ether oxygens (including phenoxy) is 2. The van der Waals surface area contributed by atoms with Gasteiger partial charge in [0.25, 0.3) is 0 Å². The zero-order valence-electron chi connectivity index (χ0n) is 18.1. The molecule has 0 unspecified atom stereocenters. The van der Waals surface area contributed by atoms with E-state index >= 15 is 0 Å². The molecule has 3 aliphatic rings. The van der Waals surface area contributed by atoms with Crippen molar-refractivity contribution in [3.63, 3.8) is 0 Å². The summed E-state index contributed by atoms with van der Waals surface area (Å²) in [6.07, 6.45) is 2.27. The lowest BCUT2D eigenvalue weighted by molar-refractivity contribution is -0.938.